The van der Waals surface area contributed by atoms with Crippen LogP contribution in [-0.2, 0) is 4.74 Å². The van der Waals surface area contributed by atoms with E-state index in [9.17, 15) is 0 Å². The van der Waals surface area contributed by atoms with Crippen molar-refractivity contribution < 1.29 is 4.74 Å². The molecule has 0 N–H and O–H groups in total. The van der Waals surface area contributed by atoms with Crippen molar-refractivity contribution in [1.29, 1.82) is 0 Å². The lowest BCUT2D eigenvalue weighted by Gasteiger charge is -1.94. The lowest BCUT2D eigenvalue weighted by atomic mass is 10.2. The molecule has 0 aliphatic heterocycles. The van der Waals surface area contributed by atoms with Crippen LogP contribution < -0.4 is 0 Å². The van der Waals surface area contributed by atoms with Crippen LogP contribution in [0.25, 0.3) is 0 Å². The maximum absolute atomic E-state index is 5.32. The zero-order chi connectivity index (χ0) is 11.4. The second-order valence-electron chi connectivity index (χ2n) is 3.96. The van der Waals surface area contributed by atoms with Gasteiger partial charge in [-0.05, 0) is 20.3 Å². The molecule has 0 heterocycles. The van der Waals surface area contributed by atoms with Crippen molar-refractivity contribution in [2.75, 3.05) is 13.2 Å². The van der Waals surface area contributed by atoms with Gasteiger partial charge in [0.2, 0.25) is 0 Å². The molecule has 0 aliphatic carbocycles. The molecule has 15 heavy (non-hydrogen) atoms. The lowest BCUT2D eigenvalue weighted by Crippen LogP contribution is -1.91. The van der Waals surface area contributed by atoms with Crippen LogP contribution >= 0.6 is 0 Å². The number of ether oxygens (including phenoxy) is 1. The molecule has 0 bridgehead atoms. The second-order valence-corrected chi connectivity index (χ2v) is 3.96. The first-order valence-corrected chi connectivity index (χ1v) is 5.94. The number of allylic oxidation sites excluding steroid dienone is 1. The van der Waals surface area contributed by atoms with E-state index in [0.29, 0.717) is 13.2 Å². The van der Waals surface area contributed by atoms with Gasteiger partial charge in [-0.25, -0.2) is 0 Å². The van der Waals surface area contributed by atoms with Gasteiger partial charge in [0.15, 0.2) is 0 Å². The molecule has 0 rings (SSSR count). The predicted octanol–water partition coefficient (Wildman–Crippen LogP) is 3.94. The van der Waals surface area contributed by atoms with Gasteiger partial charge >= 0.3 is 0 Å². The van der Waals surface area contributed by atoms with E-state index in [-0.39, 0.29) is 0 Å². The highest BCUT2D eigenvalue weighted by atomic mass is 16.5. The average molecular weight is 208 g/mol. The molecule has 0 radical (unpaired) electrons. The molecule has 0 aromatic heterocycles. The minimum Gasteiger partial charge on any atom is -0.365 e. The van der Waals surface area contributed by atoms with Gasteiger partial charge in [-0.15, -0.1) is 5.92 Å². The highest BCUT2D eigenvalue weighted by Gasteiger charge is 1.84. The molecule has 0 aromatic rings. The molecule has 0 saturated carbocycles. The van der Waals surface area contributed by atoms with Crippen LogP contribution in [0.4, 0.5) is 0 Å². The van der Waals surface area contributed by atoms with Crippen LogP contribution in [0, 0.1) is 11.8 Å². The molecular weight excluding hydrogens is 184 g/mol. The molecule has 0 fully saturated rings. The summed E-state index contributed by atoms with van der Waals surface area (Å²) in [5.74, 6) is 6.17. The first-order chi connectivity index (χ1) is 7.27. The fourth-order valence-electron chi connectivity index (χ4n) is 1.12. The van der Waals surface area contributed by atoms with E-state index in [1.54, 1.807) is 0 Å². The molecule has 0 saturated heterocycles. The number of hydrogen-bond acceptors (Lipinski definition) is 1. The minimum atomic E-state index is 0.567. The molecule has 0 aromatic carbocycles. The van der Waals surface area contributed by atoms with Gasteiger partial charge in [-0.1, -0.05) is 43.8 Å². The Morgan fingerprint density at radius 1 is 1.13 bits per heavy atom. The van der Waals surface area contributed by atoms with E-state index >= 15 is 0 Å². The fraction of sp³-hybridized carbons (Fsp3) is 0.714. The van der Waals surface area contributed by atoms with Gasteiger partial charge in [0.1, 0.15) is 6.61 Å². The molecule has 1 heteroatoms. The summed E-state index contributed by atoms with van der Waals surface area (Å²) in [5, 5.41) is 0. The first kappa shape index (κ1) is 14.3. The van der Waals surface area contributed by atoms with Crippen LogP contribution in [0.2, 0.25) is 0 Å². The van der Waals surface area contributed by atoms with Crippen molar-refractivity contribution in [3.63, 3.8) is 0 Å². The Hall–Kier alpha value is -0.740. The Labute approximate surface area is 94.9 Å². The van der Waals surface area contributed by atoms with E-state index in [4.69, 9.17) is 4.74 Å². The Balaban J connectivity index is 3.21. The molecule has 0 atom stereocenters. The quantitative estimate of drug-likeness (QED) is 0.350. The standard InChI is InChI=1S/C14H24O/c1-4-5-6-7-8-9-10-12-15-13-11-14(2)3/h11H,4-8,12-13H2,1-3H3. The summed E-state index contributed by atoms with van der Waals surface area (Å²) in [6.07, 6.45) is 8.26. The van der Waals surface area contributed by atoms with Crippen molar-refractivity contribution in [3.05, 3.63) is 11.6 Å². The Morgan fingerprint density at radius 2 is 1.93 bits per heavy atom. The smallest absolute Gasteiger partial charge is 0.108 e. The summed E-state index contributed by atoms with van der Waals surface area (Å²) < 4.78 is 5.32. The van der Waals surface area contributed by atoms with E-state index in [0.717, 1.165) is 6.42 Å². The summed E-state index contributed by atoms with van der Waals surface area (Å²) in [6.45, 7) is 7.62. The maximum atomic E-state index is 5.32. The molecule has 0 amide bonds. The summed E-state index contributed by atoms with van der Waals surface area (Å²) in [5.41, 5.74) is 1.29. The van der Waals surface area contributed by atoms with Crippen LogP contribution in [0.15, 0.2) is 11.6 Å². The third kappa shape index (κ3) is 13.3. The van der Waals surface area contributed by atoms with Crippen LogP contribution in [0.3, 0.4) is 0 Å². The summed E-state index contributed by atoms with van der Waals surface area (Å²) in [6, 6.07) is 0. The van der Waals surface area contributed by atoms with E-state index in [2.05, 4.69) is 38.7 Å². The minimum absolute atomic E-state index is 0.567. The predicted molar refractivity (Wildman–Crippen MR) is 66.8 cm³/mol. The molecule has 0 spiro atoms. The Kier molecular flexibility index (Phi) is 10.8. The van der Waals surface area contributed by atoms with E-state index in [1.807, 2.05) is 0 Å². The molecular formula is C14H24O. The summed E-state index contributed by atoms with van der Waals surface area (Å²) in [7, 11) is 0. The van der Waals surface area contributed by atoms with E-state index < -0.39 is 0 Å². The Bertz CT molecular complexity index is 213. The third-order valence-electron chi connectivity index (χ3n) is 2.06. The van der Waals surface area contributed by atoms with Gasteiger partial charge in [-0.2, -0.15) is 0 Å². The van der Waals surface area contributed by atoms with E-state index in [1.165, 1.54) is 31.3 Å². The van der Waals surface area contributed by atoms with Crippen molar-refractivity contribution in [1.82, 2.24) is 0 Å². The fourth-order valence-corrected chi connectivity index (χ4v) is 1.12. The summed E-state index contributed by atoms with van der Waals surface area (Å²) >= 11 is 0. The zero-order valence-corrected chi connectivity index (χ0v) is 10.4. The normalized spacial score (nSPS) is 9.27. The third-order valence-corrected chi connectivity index (χ3v) is 2.06. The van der Waals surface area contributed by atoms with Gasteiger partial charge in [-0.3, -0.25) is 0 Å². The van der Waals surface area contributed by atoms with Crippen molar-refractivity contribution in [2.24, 2.45) is 0 Å². The topological polar surface area (TPSA) is 9.23 Å². The van der Waals surface area contributed by atoms with Crippen molar-refractivity contribution >= 4 is 0 Å². The van der Waals surface area contributed by atoms with Gasteiger partial charge in [0, 0.05) is 6.42 Å². The number of hydrogen-bond donors (Lipinski definition) is 0. The SMILES string of the molecule is CCCCCCC#CCOCC=C(C)C. The number of unbranched alkanes of at least 4 members (excludes halogenated alkanes) is 4. The van der Waals surface area contributed by atoms with Crippen molar-refractivity contribution in [2.45, 2.75) is 52.9 Å². The monoisotopic (exact) mass is 208 g/mol. The highest BCUT2D eigenvalue weighted by Crippen LogP contribution is 2.00. The molecule has 0 aliphatic rings. The molecule has 0 unspecified atom stereocenters. The number of rotatable bonds is 7. The van der Waals surface area contributed by atoms with Gasteiger partial charge < -0.3 is 4.74 Å². The van der Waals surface area contributed by atoms with Crippen LogP contribution in [0.5, 0.6) is 0 Å². The zero-order valence-electron chi connectivity index (χ0n) is 10.4. The van der Waals surface area contributed by atoms with Crippen molar-refractivity contribution in [3.8, 4) is 11.8 Å². The lowest BCUT2D eigenvalue weighted by molar-refractivity contribution is 0.198. The molecule has 1 nitrogen and oxygen atoms in total. The van der Waals surface area contributed by atoms with Gasteiger partial charge in [0.05, 0.1) is 6.61 Å². The average Bonchev–Trinajstić information content (AvgIpc) is 2.20. The maximum Gasteiger partial charge on any atom is 0.108 e. The summed E-state index contributed by atoms with van der Waals surface area (Å²) in [4.78, 5) is 0. The molecule has 86 valence electrons. The van der Waals surface area contributed by atoms with Crippen LogP contribution in [-0.4, -0.2) is 13.2 Å². The Morgan fingerprint density at radius 3 is 2.60 bits per heavy atom. The van der Waals surface area contributed by atoms with Crippen LogP contribution in [0.1, 0.15) is 52.9 Å². The largest absolute Gasteiger partial charge is 0.365 e. The second kappa shape index (κ2) is 11.3. The first-order valence-electron chi connectivity index (χ1n) is 5.94. The van der Waals surface area contributed by atoms with Gasteiger partial charge in [0.25, 0.3) is 0 Å². The highest BCUT2D eigenvalue weighted by molar-refractivity contribution is 4.99.